The maximum Gasteiger partial charge on any atom is 0.239 e. The van der Waals surface area contributed by atoms with Gasteiger partial charge in [-0.1, -0.05) is 42.9 Å². The molecule has 2 heterocycles. The maximum absolute atomic E-state index is 5.37. The molecular weight excluding hydrogens is 322 g/mol. The van der Waals surface area contributed by atoms with Crippen molar-refractivity contribution in [2.24, 2.45) is 0 Å². The van der Waals surface area contributed by atoms with Gasteiger partial charge >= 0.3 is 0 Å². The van der Waals surface area contributed by atoms with Crippen LogP contribution in [-0.2, 0) is 0 Å². The van der Waals surface area contributed by atoms with Crippen LogP contribution in [0.15, 0.2) is 33.9 Å². The van der Waals surface area contributed by atoms with Gasteiger partial charge in [0.2, 0.25) is 5.89 Å². The molecule has 1 atom stereocenters. The summed E-state index contributed by atoms with van der Waals surface area (Å²) >= 11 is 1.52. The van der Waals surface area contributed by atoms with E-state index in [-0.39, 0.29) is 11.2 Å². The molecule has 0 aliphatic carbocycles. The van der Waals surface area contributed by atoms with Crippen LogP contribution in [0, 0.1) is 0 Å². The molecular formula is C17H21N5OS. The van der Waals surface area contributed by atoms with Gasteiger partial charge in [0.15, 0.2) is 11.0 Å². The Bertz CT molecular complexity index is 833. The summed E-state index contributed by atoms with van der Waals surface area (Å²) in [6.45, 7) is 8.97. The van der Waals surface area contributed by atoms with E-state index in [1.165, 1.54) is 11.8 Å². The molecule has 0 aliphatic rings. The highest BCUT2D eigenvalue weighted by Crippen LogP contribution is 2.34. The van der Waals surface area contributed by atoms with Crippen molar-refractivity contribution in [2.45, 2.75) is 44.0 Å². The third-order valence-corrected chi connectivity index (χ3v) is 4.48. The molecule has 1 unspecified atom stereocenters. The Kier molecular flexibility index (Phi) is 4.99. The molecule has 2 aromatic heterocycles. The molecule has 0 saturated carbocycles. The number of rotatable bonds is 6. The minimum absolute atomic E-state index is 0.0133. The lowest BCUT2D eigenvalue weighted by molar-refractivity contribution is 0.373. The van der Waals surface area contributed by atoms with Gasteiger partial charge in [-0.15, -0.1) is 0 Å². The van der Waals surface area contributed by atoms with Crippen LogP contribution in [0.25, 0.3) is 10.9 Å². The van der Waals surface area contributed by atoms with Gasteiger partial charge in [0.05, 0.1) is 10.8 Å². The zero-order chi connectivity index (χ0) is 17.1. The number of nitrogens with zero attached hydrogens (tertiary/aromatic N) is 4. The number of benzene rings is 1. The van der Waals surface area contributed by atoms with Crippen molar-refractivity contribution >= 4 is 28.5 Å². The third kappa shape index (κ3) is 3.51. The van der Waals surface area contributed by atoms with Crippen molar-refractivity contribution < 1.29 is 4.52 Å². The smallest absolute Gasteiger partial charge is 0.239 e. The summed E-state index contributed by atoms with van der Waals surface area (Å²) < 4.78 is 5.37. The zero-order valence-electron chi connectivity index (χ0n) is 14.3. The highest BCUT2D eigenvalue weighted by Gasteiger charge is 2.19. The molecule has 0 bridgehead atoms. The van der Waals surface area contributed by atoms with Crippen LogP contribution in [0.5, 0.6) is 0 Å². The average Bonchev–Trinajstić information content (AvgIpc) is 3.05. The normalized spacial score (nSPS) is 12.7. The minimum Gasteiger partial charge on any atom is -0.370 e. The standard InChI is InChI=1S/C17H21N5OS/c1-5-18-15-12-8-6-7-9-13(12)19-17(21-15)24-11(4)16-20-14(10(2)3)22-23-16/h6-11H,5H2,1-4H3,(H,18,19,21). The summed E-state index contributed by atoms with van der Waals surface area (Å²) in [5.41, 5.74) is 0.923. The van der Waals surface area contributed by atoms with Crippen LogP contribution in [0.1, 0.15) is 50.6 Å². The number of nitrogens with one attached hydrogen (secondary N) is 1. The number of anilines is 1. The topological polar surface area (TPSA) is 76.7 Å². The Labute approximate surface area is 145 Å². The van der Waals surface area contributed by atoms with Gasteiger partial charge in [-0.05, 0) is 26.0 Å². The summed E-state index contributed by atoms with van der Waals surface area (Å²) in [5, 5.41) is 9.04. The van der Waals surface area contributed by atoms with E-state index in [4.69, 9.17) is 4.52 Å². The fourth-order valence-electron chi connectivity index (χ4n) is 2.27. The Morgan fingerprint density at radius 2 is 1.92 bits per heavy atom. The van der Waals surface area contributed by atoms with Crippen LogP contribution >= 0.6 is 11.8 Å². The number of fused-ring (bicyclic) bond motifs is 1. The van der Waals surface area contributed by atoms with Crippen LogP contribution < -0.4 is 5.32 Å². The van der Waals surface area contributed by atoms with E-state index < -0.39 is 0 Å². The van der Waals surface area contributed by atoms with Crippen molar-refractivity contribution in [3.05, 3.63) is 36.0 Å². The molecule has 1 aromatic carbocycles. The quantitative estimate of drug-likeness (QED) is 0.524. The Balaban J connectivity index is 1.88. The van der Waals surface area contributed by atoms with Crippen LogP contribution in [0.3, 0.4) is 0 Å². The summed E-state index contributed by atoms with van der Waals surface area (Å²) in [4.78, 5) is 13.8. The van der Waals surface area contributed by atoms with E-state index in [0.29, 0.717) is 11.0 Å². The monoisotopic (exact) mass is 343 g/mol. The molecule has 0 amide bonds. The molecule has 24 heavy (non-hydrogen) atoms. The minimum atomic E-state index is -0.0133. The Morgan fingerprint density at radius 1 is 1.12 bits per heavy atom. The second-order valence-electron chi connectivity index (χ2n) is 5.81. The Morgan fingerprint density at radius 3 is 2.62 bits per heavy atom. The first-order chi connectivity index (χ1) is 11.6. The molecule has 0 fully saturated rings. The average molecular weight is 343 g/mol. The summed E-state index contributed by atoms with van der Waals surface area (Å²) in [6, 6.07) is 8.00. The largest absolute Gasteiger partial charge is 0.370 e. The number of para-hydroxylation sites is 1. The van der Waals surface area contributed by atoms with Gasteiger partial charge < -0.3 is 9.84 Å². The number of hydrogen-bond acceptors (Lipinski definition) is 7. The van der Waals surface area contributed by atoms with Crippen molar-refractivity contribution in [2.75, 3.05) is 11.9 Å². The maximum atomic E-state index is 5.37. The summed E-state index contributed by atoms with van der Waals surface area (Å²) in [6.07, 6.45) is 0. The van der Waals surface area contributed by atoms with Crippen molar-refractivity contribution in [3.8, 4) is 0 Å². The lowest BCUT2D eigenvalue weighted by Gasteiger charge is -2.10. The van der Waals surface area contributed by atoms with E-state index in [1.54, 1.807) is 0 Å². The molecule has 126 valence electrons. The summed E-state index contributed by atoms with van der Waals surface area (Å²) in [5.74, 6) is 2.43. The van der Waals surface area contributed by atoms with E-state index in [1.807, 2.05) is 45.0 Å². The first-order valence-corrected chi connectivity index (χ1v) is 8.97. The number of hydrogen-bond donors (Lipinski definition) is 1. The molecule has 1 N–H and O–H groups in total. The van der Waals surface area contributed by atoms with Gasteiger partial charge in [0.1, 0.15) is 5.82 Å². The van der Waals surface area contributed by atoms with Gasteiger partial charge in [-0.2, -0.15) is 4.98 Å². The number of aromatic nitrogens is 4. The SMILES string of the molecule is CCNc1nc(SC(C)c2nc(C(C)C)no2)nc2ccccc12. The lowest BCUT2D eigenvalue weighted by Crippen LogP contribution is -2.03. The van der Waals surface area contributed by atoms with Gasteiger partial charge in [0.25, 0.3) is 0 Å². The van der Waals surface area contributed by atoms with Gasteiger partial charge in [-0.3, -0.25) is 0 Å². The predicted molar refractivity (Wildman–Crippen MR) is 96.4 cm³/mol. The molecule has 0 spiro atoms. The Hall–Kier alpha value is -2.15. The van der Waals surface area contributed by atoms with Crippen molar-refractivity contribution in [3.63, 3.8) is 0 Å². The summed E-state index contributed by atoms with van der Waals surface area (Å²) in [7, 11) is 0. The van der Waals surface area contributed by atoms with E-state index in [9.17, 15) is 0 Å². The molecule has 0 aliphatic heterocycles. The second-order valence-corrected chi connectivity index (χ2v) is 7.12. The highest BCUT2D eigenvalue weighted by atomic mass is 32.2. The fourth-order valence-corrected chi connectivity index (χ4v) is 3.07. The molecule has 0 saturated heterocycles. The first kappa shape index (κ1) is 16.7. The predicted octanol–water partition coefficient (Wildman–Crippen LogP) is 4.42. The van der Waals surface area contributed by atoms with Crippen LogP contribution in [0.4, 0.5) is 5.82 Å². The molecule has 3 rings (SSSR count). The van der Waals surface area contributed by atoms with E-state index >= 15 is 0 Å². The zero-order valence-corrected chi connectivity index (χ0v) is 15.1. The van der Waals surface area contributed by atoms with Gasteiger partial charge in [-0.25, -0.2) is 9.97 Å². The first-order valence-electron chi connectivity index (χ1n) is 8.09. The van der Waals surface area contributed by atoms with Crippen molar-refractivity contribution in [1.82, 2.24) is 20.1 Å². The molecule has 6 nitrogen and oxygen atoms in total. The second kappa shape index (κ2) is 7.17. The molecule has 0 radical (unpaired) electrons. The van der Waals surface area contributed by atoms with E-state index in [0.717, 1.165) is 29.1 Å². The van der Waals surface area contributed by atoms with Crippen molar-refractivity contribution in [1.29, 1.82) is 0 Å². The number of thioether (sulfide) groups is 1. The third-order valence-electron chi connectivity index (χ3n) is 3.53. The fraction of sp³-hybridized carbons (Fsp3) is 0.412. The van der Waals surface area contributed by atoms with Gasteiger partial charge in [0, 0.05) is 17.8 Å². The highest BCUT2D eigenvalue weighted by molar-refractivity contribution is 7.99. The molecule has 7 heteroatoms. The van der Waals surface area contributed by atoms with E-state index in [2.05, 4.69) is 32.3 Å². The van der Waals surface area contributed by atoms with Crippen LogP contribution in [0.2, 0.25) is 0 Å². The molecule has 3 aromatic rings. The van der Waals surface area contributed by atoms with Crippen LogP contribution in [-0.4, -0.2) is 26.7 Å². The lowest BCUT2D eigenvalue weighted by atomic mass is 10.2.